The van der Waals surface area contributed by atoms with E-state index in [1.54, 1.807) is 11.9 Å². The highest BCUT2D eigenvalue weighted by Crippen LogP contribution is 2.43. The van der Waals surface area contributed by atoms with Gasteiger partial charge >= 0.3 is 12.4 Å². The monoisotopic (exact) mass is 636 g/mol. The summed E-state index contributed by atoms with van der Waals surface area (Å²) in [6.07, 6.45) is -4.95. The van der Waals surface area contributed by atoms with Crippen LogP contribution >= 0.6 is 0 Å². The number of tetrazole rings is 1. The van der Waals surface area contributed by atoms with Crippen LogP contribution in [0.25, 0.3) is 0 Å². The summed E-state index contributed by atoms with van der Waals surface area (Å²) < 4.78 is 82.5. The number of allylic oxidation sites excluding steroid dienone is 1. The van der Waals surface area contributed by atoms with Crippen molar-refractivity contribution >= 4 is 11.6 Å². The van der Waals surface area contributed by atoms with Crippen molar-refractivity contribution in [2.45, 2.75) is 77.3 Å². The zero-order valence-electron chi connectivity index (χ0n) is 25.6. The van der Waals surface area contributed by atoms with Crippen LogP contribution in [-0.4, -0.2) is 38.4 Å². The predicted octanol–water partition coefficient (Wildman–Crippen LogP) is 8.09. The molecule has 1 atom stereocenters. The number of aliphatic hydroxyl groups excluding tert-OH is 1. The van der Waals surface area contributed by atoms with E-state index < -0.39 is 29.5 Å². The number of aromatic nitrogens is 4. The van der Waals surface area contributed by atoms with Crippen LogP contribution in [0.3, 0.4) is 0 Å². The maximum atomic E-state index is 13.7. The number of nitrogens with zero attached hydrogens (tertiary/aromatic N) is 6. The molecule has 2 heterocycles. The molecule has 1 N–H and O–H groups in total. The quantitative estimate of drug-likeness (QED) is 0.209. The maximum Gasteiger partial charge on any atom is 0.416 e. The summed E-state index contributed by atoms with van der Waals surface area (Å²) in [5.41, 5.74) is 1.10. The van der Waals surface area contributed by atoms with Crippen LogP contribution in [0.1, 0.15) is 77.9 Å². The first-order valence-corrected chi connectivity index (χ1v) is 15.1. The Hall–Kier alpha value is -3.77. The van der Waals surface area contributed by atoms with Crippen molar-refractivity contribution in [3.63, 3.8) is 0 Å². The van der Waals surface area contributed by atoms with E-state index in [9.17, 15) is 31.4 Å². The maximum absolute atomic E-state index is 13.7. The highest BCUT2D eigenvalue weighted by atomic mass is 19.4. The zero-order chi connectivity index (χ0) is 32.7. The van der Waals surface area contributed by atoms with Crippen LogP contribution in [0.5, 0.6) is 0 Å². The molecule has 0 saturated heterocycles. The Balaban J connectivity index is 1.55. The first-order chi connectivity index (χ1) is 21.1. The topological polar surface area (TPSA) is 70.3 Å². The standard InChI is InChI=1S/C32H38F6N6O/c1-19-12-20(2)29-27(13-19)28(6-5-11-43(29)17-22-7-9-24(10-8-22)21(3)45)44(30-39-41-42(4)40-30)18-23-14-25(31(33,34)35)16-26(15-23)32(36,37)38/h12-16,22,24,28,45H,3,5-11,17-18H2,1-2,4H3/t22?,24?,28-/m1/s1. The second kappa shape index (κ2) is 12.6. The van der Waals surface area contributed by atoms with E-state index in [0.29, 0.717) is 12.3 Å². The van der Waals surface area contributed by atoms with Gasteiger partial charge in [-0.2, -0.15) is 31.1 Å². The van der Waals surface area contributed by atoms with Crippen molar-refractivity contribution in [3.8, 4) is 0 Å². The van der Waals surface area contributed by atoms with Gasteiger partial charge in [-0.05, 0) is 98.4 Å². The van der Waals surface area contributed by atoms with Crippen molar-refractivity contribution in [2.24, 2.45) is 18.9 Å². The van der Waals surface area contributed by atoms with Gasteiger partial charge in [-0.15, -0.1) is 5.10 Å². The van der Waals surface area contributed by atoms with Gasteiger partial charge in [0.15, 0.2) is 0 Å². The van der Waals surface area contributed by atoms with E-state index in [1.165, 1.54) is 4.80 Å². The van der Waals surface area contributed by atoms with Crippen molar-refractivity contribution < 1.29 is 31.4 Å². The highest BCUT2D eigenvalue weighted by Gasteiger charge is 2.38. The van der Waals surface area contributed by atoms with Crippen LogP contribution in [-0.2, 0) is 25.9 Å². The van der Waals surface area contributed by atoms with E-state index in [0.717, 1.165) is 79.7 Å². The third-order valence-corrected chi connectivity index (χ3v) is 8.98. The predicted molar refractivity (Wildman–Crippen MR) is 159 cm³/mol. The van der Waals surface area contributed by atoms with Gasteiger partial charge in [0.2, 0.25) is 0 Å². The Morgan fingerprint density at radius 2 is 1.60 bits per heavy atom. The number of hydrogen-bond donors (Lipinski definition) is 1. The summed E-state index contributed by atoms with van der Waals surface area (Å²) in [7, 11) is 1.55. The molecule has 1 fully saturated rings. The first-order valence-electron chi connectivity index (χ1n) is 15.1. The van der Waals surface area contributed by atoms with E-state index in [2.05, 4.69) is 39.0 Å². The lowest BCUT2D eigenvalue weighted by Crippen LogP contribution is -2.33. The molecule has 13 heteroatoms. The lowest BCUT2D eigenvalue weighted by molar-refractivity contribution is -0.143. The molecule has 1 aromatic heterocycles. The fourth-order valence-electron chi connectivity index (χ4n) is 6.93. The average molecular weight is 637 g/mol. The summed E-state index contributed by atoms with van der Waals surface area (Å²) in [6.45, 7) is 8.96. The summed E-state index contributed by atoms with van der Waals surface area (Å²) in [6, 6.07) is 5.38. The Morgan fingerprint density at radius 3 is 2.16 bits per heavy atom. The number of anilines is 2. The van der Waals surface area contributed by atoms with Crippen molar-refractivity contribution in [1.29, 1.82) is 0 Å². The fourth-order valence-corrected chi connectivity index (χ4v) is 6.93. The lowest BCUT2D eigenvalue weighted by atomic mass is 9.81. The Morgan fingerprint density at radius 1 is 0.956 bits per heavy atom. The molecule has 0 radical (unpaired) electrons. The Bertz CT molecular complexity index is 1490. The number of benzene rings is 2. The number of halogens is 6. The molecular formula is C32H38F6N6O. The fraction of sp³-hybridized carbons (Fsp3) is 0.531. The smallest absolute Gasteiger partial charge is 0.416 e. The van der Waals surface area contributed by atoms with Crippen LogP contribution in [0, 0.1) is 25.7 Å². The SMILES string of the molecule is C=C(O)C1CCC(CN2CCC[C@@H](N(Cc3cc(C(F)(F)F)cc(C(F)(F)F)c3)c3nnn(C)n3)c3cc(C)cc(C)c32)CC1. The van der Waals surface area contributed by atoms with E-state index >= 15 is 0 Å². The zero-order valence-corrected chi connectivity index (χ0v) is 25.6. The second-order valence-corrected chi connectivity index (χ2v) is 12.5. The number of hydrogen-bond acceptors (Lipinski definition) is 6. The number of aliphatic hydroxyl groups is 1. The minimum Gasteiger partial charge on any atom is -0.513 e. The van der Waals surface area contributed by atoms with Gasteiger partial charge in [0.1, 0.15) is 0 Å². The number of aryl methyl sites for hydroxylation is 3. The van der Waals surface area contributed by atoms with Crippen LogP contribution in [0.15, 0.2) is 42.7 Å². The van der Waals surface area contributed by atoms with Crippen molar-refractivity contribution in [1.82, 2.24) is 20.2 Å². The van der Waals surface area contributed by atoms with E-state index in [4.69, 9.17) is 0 Å². The van der Waals surface area contributed by atoms with Crippen LogP contribution < -0.4 is 9.80 Å². The molecule has 3 aromatic rings. The Labute approximate surface area is 258 Å². The van der Waals surface area contributed by atoms with E-state index in [-0.39, 0.29) is 35.8 Å². The molecule has 0 unspecified atom stereocenters. The number of alkyl halides is 6. The minimum atomic E-state index is -4.96. The third kappa shape index (κ3) is 7.38. The minimum absolute atomic E-state index is 0.119. The molecule has 7 nitrogen and oxygen atoms in total. The molecule has 2 aromatic carbocycles. The van der Waals surface area contributed by atoms with Gasteiger partial charge in [0, 0.05) is 31.2 Å². The molecular weight excluding hydrogens is 598 g/mol. The molecule has 1 aliphatic heterocycles. The van der Waals surface area contributed by atoms with Gasteiger partial charge < -0.3 is 14.9 Å². The van der Waals surface area contributed by atoms with Gasteiger partial charge in [0.25, 0.3) is 5.95 Å². The molecule has 45 heavy (non-hydrogen) atoms. The molecule has 244 valence electrons. The summed E-state index contributed by atoms with van der Waals surface area (Å²) in [4.78, 5) is 5.28. The summed E-state index contributed by atoms with van der Waals surface area (Å²) in [5.74, 6) is 0.890. The molecule has 1 saturated carbocycles. The first kappa shape index (κ1) is 32.6. The normalized spacial score (nSPS) is 20.9. The molecule has 1 aliphatic carbocycles. The largest absolute Gasteiger partial charge is 0.513 e. The molecule has 0 amide bonds. The molecule has 2 aliphatic rings. The van der Waals surface area contributed by atoms with Crippen LogP contribution in [0.4, 0.5) is 38.0 Å². The molecule has 0 spiro atoms. The number of fused-ring (bicyclic) bond motifs is 1. The van der Waals surface area contributed by atoms with Gasteiger partial charge in [0.05, 0.1) is 30.0 Å². The highest BCUT2D eigenvalue weighted by molar-refractivity contribution is 5.64. The Kier molecular flexibility index (Phi) is 9.10. The third-order valence-electron chi connectivity index (χ3n) is 8.98. The van der Waals surface area contributed by atoms with Gasteiger partial charge in [-0.1, -0.05) is 29.4 Å². The van der Waals surface area contributed by atoms with E-state index in [1.807, 2.05) is 13.8 Å². The average Bonchev–Trinajstić information content (AvgIpc) is 3.30. The number of rotatable bonds is 7. The second-order valence-electron chi connectivity index (χ2n) is 12.5. The van der Waals surface area contributed by atoms with Crippen molar-refractivity contribution in [3.05, 3.63) is 76.1 Å². The van der Waals surface area contributed by atoms with Crippen LogP contribution in [0.2, 0.25) is 0 Å². The summed E-state index contributed by atoms with van der Waals surface area (Å²) >= 11 is 0. The van der Waals surface area contributed by atoms with Gasteiger partial charge in [-0.25, -0.2) is 0 Å². The molecule has 0 bridgehead atoms. The molecule has 5 rings (SSSR count). The summed E-state index contributed by atoms with van der Waals surface area (Å²) in [5, 5.41) is 22.3. The lowest BCUT2D eigenvalue weighted by Gasteiger charge is -2.36. The van der Waals surface area contributed by atoms with Gasteiger partial charge in [-0.3, -0.25) is 0 Å². The van der Waals surface area contributed by atoms with Crippen molar-refractivity contribution in [2.75, 3.05) is 22.9 Å².